The van der Waals surface area contributed by atoms with Gasteiger partial charge >= 0.3 is 0 Å². The molecular formula is C15H15N5O3S. The molecule has 0 aliphatic rings. The smallest absolute Gasteiger partial charge is 0.278 e. The van der Waals surface area contributed by atoms with Crippen LogP contribution in [0.25, 0.3) is 10.4 Å². The lowest BCUT2D eigenvalue weighted by atomic mass is 10.2. The van der Waals surface area contributed by atoms with Crippen molar-refractivity contribution in [3.63, 3.8) is 0 Å². The molecular weight excluding hydrogens is 330 g/mol. The number of hydrogen-bond donors (Lipinski definition) is 0. The zero-order chi connectivity index (χ0) is 17.6. The van der Waals surface area contributed by atoms with Gasteiger partial charge in [0, 0.05) is 17.5 Å². The second-order valence-electron chi connectivity index (χ2n) is 4.59. The van der Waals surface area contributed by atoms with Crippen LogP contribution in [0.2, 0.25) is 0 Å². The van der Waals surface area contributed by atoms with Gasteiger partial charge in [-0.05, 0) is 47.0 Å². The first-order valence-corrected chi connectivity index (χ1v) is 8.25. The van der Waals surface area contributed by atoms with E-state index in [2.05, 4.69) is 15.1 Å². The van der Waals surface area contributed by atoms with Gasteiger partial charge in [0.25, 0.3) is 10.0 Å². The van der Waals surface area contributed by atoms with E-state index in [1.54, 1.807) is 42.5 Å². The van der Waals surface area contributed by atoms with Crippen LogP contribution in [0.15, 0.2) is 69.7 Å². The largest absolute Gasteiger partial charge is 0.497 e. The Morgan fingerprint density at radius 1 is 1.12 bits per heavy atom. The fourth-order valence-electron chi connectivity index (χ4n) is 1.85. The van der Waals surface area contributed by atoms with E-state index in [0.717, 1.165) is 4.41 Å². The molecule has 0 unspecified atom stereocenters. The van der Waals surface area contributed by atoms with Gasteiger partial charge in [0.15, 0.2) is 5.84 Å². The molecule has 0 aliphatic heterocycles. The van der Waals surface area contributed by atoms with Gasteiger partial charge in [0.2, 0.25) is 0 Å². The summed E-state index contributed by atoms with van der Waals surface area (Å²) in [6.07, 6.45) is 0. The summed E-state index contributed by atoms with van der Waals surface area (Å²) in [6, 6.07) is 14.4. The molecule has 2 aromatic carbocycles. The molecule has 2 rings (SSSR count). The van der Waals surface area contributed by atoms with Gasteiger partial charge in [-0.15, -0.1) is 0 Å². The lowest BCUT2D eigenvalue weighted by molar-refractivity contribution is 0.415. The number of benzene rings is 2. The third kappa shape index (κ3) is 3.83. The van der Waals surface area contributed by atoms with Gasteiger partial charge in [-0.2, -0.15) is 17.9 Å². The number of sulfonamides is 1. The van der Waals surface area contributed by atoms with Crippen LogP contribution >= 0.6 is 0 Å². The minimum Gasteiger partial charge on any atom is -0.497 e. The predicted molar refractivity (Wildman–Crippen MR) is 90.1 cm³/mol. The molecule has 0 fully saturated rings. The fourth-order valence-corrected chi connectivity index (χ4v) is 2.84. The van der Waals surface area contributed by atoms with Crippen molar-refractivity contribution in [3.05, 3.63) is 70.6 Å². The normalized spacial score (nSPS) is 11.5. The summed E-state index contributed by atoms with van der Waals surface area (Å²) in [5.41, 5.74) is 9.18. The molecule has 2 aromatic rings. The number of azide groups is 1. The lowest BCUT2D eigenvalue weighted by Crippen LogP contribution is -2.23. The fraction of sp³-hybridized carbons (Fsp3) is 0.133. The van der Waals surface area contributed by atoms with Crippen LogP contribution in [0.3, 0.4) is 0 Å². The molecule has 0 heterocycles. The van der Waals surface area contributed by atoms with E-state index < -0.39 is 10.0 Å². The SMILES string of the molecule is COc1ccc(/C(N=[N+]=[N-])=N/N(C)S(=O)(=O)c2ccccc2)cc1. The second kappa shape index (κ2) is 7.49. The third-order valence-corrected chi connectivity index (χ3v) is 4.76. The number of nitrogens with zero attached hydrogens (tertiary/aromatic N) is 5. The molecule has 0 saturated carbocycles. The van der Waals surface area contributed by atoms with E-state index in [9.17, 15) is 8.42 Å². The van der Waals surface area contributed by atoms with Gasteiger partial charge < -0.3 is 4.74 Å². The molecule has 0 spiro atoms. The molecule has 0 bridgehead atoms. The van der Waals surface area contributed by atoms with Crippen LogP contribution in [-0.2, 0) is 10.0 Å². The van der Waals surface area contributed by atoms with Crippen molar-refractivity contribution in [1.29, 1.82) is 0 Å². The summed E-state index contributed by atoms with van der Waals surface area (Å²) in [4.78, 5) is 2.79. The summed E-state index contributed by atoms with van der Waals surface area (Å²) in [7, 11) is -1.03. The van der Waals surface area contributed by atoms with Crippen molar-refractivity contribution in [2.75, 3.05) is 14.2 Å². The average molecular weight is 345 g/mol. The summed E-state index contributed by atoms with van der Waals surface area (Å²) >= 11 is 0. The molecule has 124 valence electrons. The zero-order valence-electron chi connectivity index (χ0n) is 13.1. The van der Waals surface area contributed by atoms with Crippen molar-refractivity contribution in [2.24, 2.45) is 10.2 Å². The van der Waals surface area contributed by atoms with Gasteiger partial charge in [-0.1, -0.05) is 18.2 Å². The standard InChI is InChI=1S/C15H15N5O3S/c1-20(24(21,22)14-6-4-3-5-7-14)18-15(17-19-16)12-8-10-13(23-2)11-9-12/h3-11H,1-2H3/b18-15-. The highest BCUT2D eigenvalue weighted by Gasteiger charge is 2.19. The summed E-state index contributed by atoms with van der Waals surface area (Å²) in [5, 5.41) is 7.42. The van der Waals surface area contributed by atoms with Gasteiger partial charge in [-0.3, -0.25) is 0 Å². The summed E-state index contributed by atoms with van der Waals surface area (Å²) in [5.74, 6) is 0.548. The molecule has 9 heteroatoms. The van der Waals surface area contributed by atoms with Crippen LogP contribution < -0.4 is 4.74 Å². The van der Waals surface area contributed by atoms with Crippen LogP contribution in [0, 0.1) is 0 Å². The van der Waals surface area contributed by atoms with Gasteiger partial charge in [0.1, 0.15) is 5.75 Å². The number of methoxy groups -OCH3 is 1. The highest BCUT2D eigenvalue weighted by molar-refractivity contribution is 7.89. The number of rotatable bonds is 5. The molecule has 0 saturated heterocycles. The first-order valence-electron chi connectivity index (χ1n) is 6.81. The summed E-state index contributed by atoms with van der Waals surface area (Å²) < 4.78 is 30.8. The highest BCUT2D eigenvalue weighted by Crippen LogP contribution is 2.17. The van der Waals surface area contributed by atoms with E-state index in [1.807, 2.05) is 0 Å². The maximum Gasteiger partial charge on any atom is 0.278 e. The Balaban J connectivity index is 2.41. The molecule has 0 atom stereocenters. The molecule has 0 amide bonds. The van der Waals surface area contributed by atoms with E-state index in [0.29, 0.717) is 11.3 Å². The van der Waals surface area contributed by atoms with Crippen LogP contribution in [0.1, 0.15) is 5.56 Å². The molecule has 24 heavy (non-hydrogen) atoms. The maximum atomic E-state index is 12.5. The van der Waals surface area contributed by atoms with Gasteiger partial charge in [0.05, 0.1) is 12.0 Å². The lowest BCUT2D eigenvalue weighted by Gasteiger charge is -2.15. The van der Waals surface area contributed by atoms with Crippen LogP contribution in [0.4, 0.5) is 0 Å². The van der Waals surface area contributed by atoms with E-state index in [1.165, 1.54) is 26.3 Å². The first kappa shape index (κ1) is 17.3. The van der Waals surface area contributed by atoms with E-state index >= 15 is 0 Å². The number of amidine groups is 1. The van der Waals surface area contributed by atoms with E-state index in [4.69, 9.17) is 10.3 Å². The average Bonchev–Trinajstić information content (AvgIpc) is 2.62. The van der Waals surface area contributed by atoms with Crippen molar-refractivity contribution in [1.82, 2.24) is 4.41 Å². The zero-order valence-corrected chi connectivity index (χ0v) is 13.9. The van der Waals surface area contributed by atoms with Crippen molar-refractivity contribution < 1.29 is 13.2 Å². The molecule has 0 aliphatic carbocycles. The minimum atomic E-state index is -3.84. The Bertz CT molecular complexity index is 873. The van der Waals surface area contributed by atoms with Crippen molar-refractivity contribution >= 4 is 15.9 Å². The highest BCUT2D eigenvalue weighted by atomic mass is 32.2. The third-order valence-electron chi connectivity index (χ3n) is 3.11. The Morgan fingerprint density at radius 2 is 1.75 bits per heavy atom. The number of hydrazone groups is 1. The Kier molecular flexibility index (Phi) is 5.41. The maximum absolute atomic E-state index is 12.5. The summed E-state index contributed by atoms with van der Waals surface area (Å²) in [6.45, 7) is 0. The monoisotopic (exact) mass is 345 g/mol. The Hall–Kier alpha value is -3.03. The second-order valence-corrected chi connectivity index (χ2v) is 6.54. The first-order chi connectivity index (χ1) is 11.5. The van der Waals surface area contributed by atoms with Crippen molar-refractivity contribution in [2.45, 2.75) is 4.90 Å². The van der Waals surface area contributed by atoms with Crippen LogP contribution in [-0.4, -0.2) is 32.8 Å². The predicted octanol–water partition coefficient (Wildman–Crippen LogP) is 2.99. The topological polar surface area (TPSA) is 108 Å². The molecule has 0 radical (unpaired) electrons. The quantitative estimate of drug-likeness (QED) is 0.207. The van der Waals surface area contributed by atoms with Crippen LogP contribution in [0.5, 0.6) is 5.75 Å². The molecule has 0 aromatic heterocycles. The van der Waals surface area contributed by atoms with E-state index in [-0.39, 0.29) is 10.7 Å². The Labute approximate surface area is 139 Å². The van der Waals surface area contributed by atoms with Crippen molar-refractivity contribution in [3.8, 4) is 5.75 Å². The Morgan fingerprint density at radius 3 is 2.29 bits per heavy atom. The molecule has 0 N–H and O–H groups in total. The minimum absolute atomic E-state index is 0.0674. The molecule has 8 nitrogen and oxygen atoms in total. The number of hydrogen-bond acceptors (Lipinski definition) is 4. The van der Waals surface area contributed by atoms with Gasteiger partial charge in [-0.25, -0.2) is 0 Å². The number of ether oxygens (including phenoxy) is 1.